The van der Waals surface area contributed by atoms with Crippen LogP contribution < -0.4 is 10.2 Å². The van der Waals surface area contributed by atoms with Crippen molar-refractivity contribution < 1.29 is 14.0 Å². The molecule has 2 fully saturated rings. The van der Waals surface area contributed by atoms with Crippen molar-refractivity contribution in [1.82, 2.24) is 15.1 Å². The third-order valence-corrected chi connectivity index (χ3v) is 6.34. The van der Waals surface area contributed by atoms with E-state index in [4.69, 9.17) is 0 Å². The molecule has 1 atom stereocenters. The lowest BCUT2D eigenvalue weighted by Gasteiger charge is -2.36. The van der Waals surface area contributed by atoms with Crippen molar-refractivity contribution in [2.24, 2.45) is 0 Å². The topological polar surface area (TPSA) is 55.9 Å². The summed E-state index contributed by atoms with van der Waals surface area (Å²) in [5.74, 6) is 1.11. The summed E-state index contributed by atoms with van der Waals surface area (Å²) in [5.41, 5.74) is 0.676. The maximum absolute atomic E-state index is 13.9. The molecule has 0 bridgehead atoms. The van der Waals surface area contributed by atoms with Gasteiger partial charge in [0, 0.05) is 44.9 Å². The van der Waals surface area contributed by atoms with Crippen LogP contribution in [0.2, 0.25) is 0 Å². The fraction of sp³-hybridized carbons (Fsp3) is 0.600. The van der Waals surface area contributed by atoms with Gasteiger partial charge in [-0.2, -0.15) is 0 Å². The monoisotopic (exact) mass is 408 g/mol. The van der Waals surface area contributed by atoms with Gasteiger partial charge in [0.25, 0.3) is 0 Å². The van der Waals surface area contributed by atoms with Crippen molar-refractivity contribution in [3.63, 3.8) is 0 Å². The second-order valence-electron chi connectivity index (χ2n) is 7.16. The van der Waals surface area contributed by atoms with Crippen LogP contribution in [0.4, 0.5) is 10.1 Å². The average molecular weight is 409 g/mol. The number of halogens is 1. The second kappa shape index (κ2) is 10.1. The minimum absolute atomic E-state index is 0.0397. The Hall–Kier alpha value is -1.80. The van der Waals surface area contributed by atoms with Gasteiger partial charge in [-0.05, 0) is 25.1 Å². The minimum Gasteiger partial charge on any atom is -0.367 e. The molecule has 6 nitrogen and oxygen atoms in total. The first kappa shape index (κ1) is 20.9. The summed E-state index contributed by atoms with van der Waals surface area (Å²) in [7, 11) is 0. The van der Waals surface area contributed by atoms with Crippen molar-refractivity contribution in [2.45, 2.75) is 25.8 Å². The molecule has 0 aromatic heterocycles. The van der Waals surface area contributed by atoms with Crippen LogP contribution in [0.25, 0.3) is 0 Å². The molecule has 2 amide bonds. The van der Waals surface area contributed by atoms with Crippen molar-refractivity contribution >= 4 is 29.3 Å². The van der Waals surface area contributed by atoms with E-state index >= 15 is 0 Å². The van der Waals surface area contributed by atoms with Crippen molar-refractivity contribution in [1.29, 1.82) is 0 Å². The highest BCUT2D eigenvalue weighted by molar-refractivity contribution is 7.99. The van der Waals surface area contributed by atoms with Crippen LogP contribution in [0.15, 0.2) is 24.3 Å². The van der Waals surface area contributed by atoms with E-state index in [1.807, 2.05) is 19.1 Å². The zero-order valence-corrected chi connectivity index (χ0v) is 17.2. The van der Waals surface area contributed by atoms with Crippen LogP contribution >= 0.6 is 11.8 Å². The molecule has 2 saturated heterocycles. The Morgan fingerprint density at radius 1 is 1.21 bits per heavy atom. The Kier molecular flexibility index (Phi) is 7.56. The molecule has 0 aliphatic carbocycles. The molecule has 0 saturated carbocycles. The molecule has 2 heterocycles. The van der Waals surface area contributed by atoms with Gasteiger partial charge in [0.15, 0.2) is 0 Å². The Morgan fingerprint density at radius 2 is 1.96 bits per heavy atom. The fourth-order valence-electron chi connectivity index (χ4n) is 3.66. The van der Waals surface area contributed by atoms with Gasteiger partial charge in [-0.3, -0.25) is 14.5 Å². The largest absolute Gasteiger partial charge is 0.367 e. The van der Waals surface area contributed by atoms with Gasteiger partial charge in [0.1, 0.15) is 11.9 Å². The number of carbonyl (C=O) groups is 2. The normalized spacial score (nSPS) is 20.4. The Morgan fingerprint density at radius 3 is 2.68 bits per heavy atom. The van der Waals surface area contributed by atoms with Gasteiger partial charge in [-0.15, -0.1) is 11.8 Å². The summed E-state index contributed by atoms with van der Waals surface area (Å²) >= 11 is 1.63. The number of carbonyl (C=O) groups excluding carboxylic acids is 2. The minimum atomic E-state index is -0.332. The van der Waals surface area contributed by atoms with Crippen molar-refractivity contribution in [3.05, 3.63) is 30.1 Å². The van der Waals surface area contributed by atoms with Crippen molar-refractivity contribution in [3.8, 4) is 0 Å². The molecule has 3 rings (SSSR count). The molecule has 0 spiro atoms. The quantitative estimate of drug-likeness (QED) is 0.697. The SMILES string of the molecule is CCC(=O)N1CSCC1C(=O)NCCCN1CCN(c2ccccc2F)CC1. The van der Waals surface area contributed by atoms with Gasteiger partial charge in [-0.1, -0.05) is 19.1 Å². The highest BCUT2D eigenvalue weighted by Gasteiger charge is 2.33. The van der Waals surface area contributed by atoms with Crippen LogP contribution in [0.3, 0.4) is 0 Å². The summed E-state index contributed by atoms with van der Waals surface area (Å²) < 4.78 is 13.9. The first-order valence-electron chi connectivity index (χ1n) is 9.97. The number of hydrogen-bond acceptors (Lipinski definition) is 5. The molecule has 2 aliphatic heterocycles. The zero-order valence-electron chi connectivity index (χ0n) is 16.4. The maximum Gasteiger partial charge on any atom is 0.243 e. The fourth-order valence-corrected chi connectivity index (χ4v) is 4.84. The van der Waals surface area contributed by atoms with E-state index in [9.17, 15) is 14.0 Å². The van der Waals surface area contributed by atoms with E-state index < -0.39 is 0 Å². The molecule has 1 aromatic rings. The summed E-state index contributed by atoms with van der Waals surface area (Å²) in [6.45, 7) is 6.73. The smallest absolute Gasteiger partial charge is 0.243 e. The van der Waals surface area contributed by atoms with Gasteiger partial charge in [-0.25, -0.2) is 4.39 Å². The number of para-hydroxylation sites is 1. The van der Waals surface area contributed by atoms with Crippen molar-refractivity contribution in [2.75, 3.05) is 55.8 Å². The zero-order chi connectivity index (χ0) is 19.9. The number of nitrogens with zero attached hydrogens (tertiary/aromatic N) is 3. The molecule has 0 radical (unpaired) electrons. The Balaban J connectivity index is 1.35. The van der Waals surface area contributed by atoms with Crippen LogP contribution in [0.5, 0.6) is 0 Å². The van der Waals surface area contributed by atoms with Gasteiger partial charge in [0.05, 0.1) is 11.6 Å². The Bertz CT molecular complexity index is 682. The van der Waals surface area contributed by atoms with Crippen LogP contribution in [0.1, 0.15) is 19.8 Å². The van der Waals surface area contributed by atoms with E-state index in [0.717, 1.165) is 39.1 Å². The number of hydrogen-bond donors (Lipinski definition) is 1. The molecular weight excluding hydrogens is 379 g/mol. The summed E-state index contributed by atoms with van der Waals surface area (Å²) in [5, 5.41) is 2.98. The lowest BCUT2D eigenvalue weighted by Crippen LogP contribution is -2.48. The number of amides is 2. The number of nitrogens with one attached hydrogen (secondary N) is 1. The van der Waals surface area contributed by atoms with Crippen LogP contribution in [0, 0.1) is 5.82 Å². The van der Waals surface area contributed by atoms with E-state index in [0.29, 0.717) is 30.3 Å². The number of piperazine rings is 1. The first-order chi connectivity index (χ1) is 13.6. The molecule has 154 valence electrons. The van der Waals surface area contributed by atoms with Gasteiger partial charge >= 0.3 is 0 Å². The summed E-state index contributed by atoms with van der Waals surface area (Å²) in [6.07, 6.45) is 1.30. The highest BCUT2D eigenvalue weighted by atomic mass is 32.2. The highest BCUT2D eigenvalue weighted by Crippen LogP contribution is 2.22. The Labute approximate surface area is 170 Å². The van der Waals surface area contributed by atoms with E-state index in [1.54, 1.807) is 22.7 Å². The second-order valence-corrected chi connectivity index (χ2v) is 8.16. The molecule has 2 aliphatic rings. The number of rotatable bonds is 7. The molecule has 1 aromatic carbocycles. The predicted molar refractivity (Wildman–Crippen MR) is 111 cm³/mol. The number of anilines is 1. The molecular formula is C20H29FN4O2S. The number of thioether (sulfide) groups is 1. The number of benzene rings is 1. The lowest BCUT2D eigenvalue weighted by molar-refractivity contribution is -0.137. The van der Waals surface area contributed by atoms with Gasteiger partial charge < -0.3 is 15.1 Å². The maximum atomic E-state index is 13.9. The van der Waals surface area contributed by atoms with E-state index in [1.165, 1.54) is 6.07 Å². The molecule has 1 unspecified atom stereocenters. The third-order valence-electron chi connectivity index (χ3n) is 5.32. The standard InChI is InChI=1S/C20H29FN4O2S/c1-2-19(26)25-15-28-14-18(25)20(27)22-8-5-9-23-10-12-24(13-11-23)17-7-4-3-6-16(17)21/h3-4,6-7,18H,2,5,8-15H2,1H3,(H,22,27). The summed E-state index contributed by atoms with van der Waals surface area (Å²) in [4.78, 5) is 30.4. The van der Waals surface area contributed by atoms with Crippen LogP contribution in [-0.2, 0) is 9.59 Å². The molecule has 28 heavy (non-hydrogen) atoms. The van der Waals surface area contributed by atoms with Crippen LogP contribution in [-0.4, -0.2) is 78.6 Å². The van der Waals surface area contributed by atoms with E-state index in [-0.39, 0.29) is 23.7 Å². The summed E-state index contributed by atoms with van der Waals surface area (Å²) in [6, 6.07) is 6.58. The lowest BCUT2D eigenvalue weighted by atomic mass is 10.2. The first-order valence-corrected chi connectivity index (χ1v) is 11.1. The molecule has 8 heteroatoms. The van der Waals surface area contributed by atoms with Gasteiger partial charge in [0.2, 0.25) is 11.8 Å². The third kappa shape index (κ3) is 5.17. The average Bonchev–Trinajstić information content (AvgIpc) is 3.21. The van der Waals surface area contributed by atoms with E-state index in [2.05, 4.69) is 15.1 Å². The predicted octanol–water partition coefficient (Wildman–Crippen LogP) is 1.77. The molecule has 1 N–H and O–H groups in total.